The van der Waals surface area contributed by atoms with Gasteiger partial charge in [-0.1, -0.05) is 23.7 Å². The predicted molar refractivity (Wildman–Crippen MR) is 75.3 cm³/mol. The van der Waals surface area contributed by atoms with Crippen LogP contribution in [-0.4, -0.2) is 5.91 Å². The second kappa shape index (κ2) is 5.41. The molecule has 2 rings (SSSR count). The van der Waals surface area contributed by atoms with Crippen molar-refractivity contribution in [3.63, 3.8) is 0 Å². The number of hydrogen-bond acceptors (Lipinski definition) is 1. The molecule has 0 radical (unpaired) electrons. The SMILES string of the molecule is Cc1cc(Cl)ccc1NC(=O)c1cccc(C)c1F. The van der Waals surface area contributed by atoms with E-state index < -0.39 is 11.7 Å². The molecule has 0 saturated carbocycles. The fraction of sp³-hybridized carbons (Fsp3) is 0.133. The Morgan fingerprint density at radius 1 is 1.16 bits per heavy atom. The van der Waals surface area contributed by atoms with E-state index in [0.717, 1.165) is 5.56 Å². The van der Waals surface area contributed by atoms with Gasteiger partial charge in [0.2, 0.25) is 0 Å². The molecule has 98 valence electrons. The van der Waals surface area contributed by atoms with Gasteiger partial charge in [0.15, 0.2) is 0 Å². The van der Waals surface area contributed by atoms with E-state index in [2.05, 4.69) is 5.32 Å². The number of rotatable bonds is 2. The lowest BCUT2D eigenvalue weighted by Gasteiger charge is -2.10. The fourth-order valence-corrected chi connectivity index (χ4v) is 2.01. The molecule has 2 aromatic rings. The van der Waals surface area contributed by atoms with Crippen LogP contribution in [0.5, 0.6) is 0 Å². The summed E-state index contributed by atoms with van der Waals surface area (Å²) in [5.41, 5.74) is 1.93. The van der Waals surface area contributed by atoms with Crippen LogP contribution >= 0.6 is 11.6 Å². The fourth-order valence-electron chi connectivity index (χ4n) is 1.78. The average Bonchev–Trinajstić information content (AvgIpc) is 2.36. The minimum absolute atomic E-state index is 0.0364. The molecule has 1 N–H and O–H groups in total. The van der Waals surface area contributed by atoms with Gasteiger partial charge in [0, 0.05) is 10.7 Å². The summed E-state index contributed by atoms with van der Waals surface area (Å²) in [6, 6.07) is 9.86. The number of carbonyl (C=O) groups is 1. The van der Waals surface area contributed by atoms with Crippen molar-refractivity contribution in [3.8, 4) is 0 Å². The van der Waals surface area contributed by atoms with Crippen molar-refractivity contribution in [1.82, 2.24) is 0 Å². The molecule has 0 aliphatic carbocycles. The first-order valence-corrected chi connectivity index (χ1v) is 6.19. The first kappa shape index (κ1) is 13.6. The Morgan fingerprint density at radius 2 is 1.89 bits per heavy atom. The number of anilines is 1. The minimum Gasteiger partial charge on any atom is -0.322 e. The monoisotopic (exact) mass is 277 g/mol. The van der Waals surface area contributed by atoms with Gasteiger partial charge in [0.25, 0.3) is 5.91 Å². The molecular formula is C15H13ClFNO. The highest BCUT2D eigenvalue weighted by atomic mass is 35.5. The molecule has 0 aliphatic rings. The molecule has 0 unspecified atom stereocenters. The van der Waals surface area contributed by atoms with Gasteiger partial charge >= 0.3 is 0 Å². The Hall–Kier alpha value is -1.87. The van der Waals surface area contributed by atoms with Crippen molar-refractivity contribution in [1.29, 1.82) is 0 Å². The average molecular weight is 278 g/mol. The summed E-state index contributed by atoms with van der Waals surface area (Å²) in [6.45, 7) is 3.45. The molecule has 0 bridgehead atoms. The van der Waals surface area contributed by atoms with E-state index in [4.69, 9.17) is 11.6 Å². The van der Waals surface area contributed by atoms with Crippen molar-refractivity contribution >= 4 is 23.2 Å². The molecule has 0 heterocycles. The van der Waals surface area contributed by atoms with Crippen molar-refractivity contribution < 1.29 is 9.18 Å². The first-order valence-electron chi connectivity index (χ1n) is 5.81. The third-order valence-electron chi connectivity index (χ3n) is 2.87. The van der Waals surface area contributed by atoms with Crippen molar-refractivity contribution in [3.05, 3.63) is 63.9 Å². The van der Waals surface area contributed by atoms with E-state index in [0.29, 0.717) is 16.3 Å². The van der Waals surface area contributed by atoms with Crippen molar-refractivity contribution in [2.75, 3.05) is 5.32 Å². The second-order valence-corrected chi connectivity index (χ2v) is 4.79. The van der Waals surface area contributed by atoms with E-state index in [-0.39, 0.29) is 5.56 Å². The highest BCUT2D eigenvalue weighted by molar-refractivity contribution is 6.30. The zero-order valence-corrected chi connectivity index (χ0v) is 11.4. The molecule has 2 nitrogen and oxygen atoms in total. The van der Waals surface area contributed by atoms with Gasteiger partial charge < -0.3 is 5.32 Å². The summed E-state index contributed by atoms with van der Waals surface area (Å²) < 4.78 is 13.8. The molecule has 0 aromatic heterocycles. The van der Waals surface area contributed by atoms with Crippen LogP contribution in [0, 0.1) is 19.7 Å². The molecule has 19 heavy (non-hydrogen) atoms. The molecule has 0 fully saturated rings. The van der Waals surface area contributed by atoms with Crippen LogP contribution in [0.25, 0.3) is 0 Å². The van der Waals surface area contributed by atoms with Crippen LogP contribution in [-0.2, 0) is 0 Å². The molecule has 0 aliphatic heterocycles. The highest BCUT2D eigenvalue weighted by Crippen LogP contribution is 2.21. The van der Waals surface area contributed by atoms with Gasteiger partial charge in [0.1, 0.15) is 5.82 Å². The standard InChI is InChI=1S/C15H13ClFNO/c1-9-4-3-5-12(14(9)17)15(19)18-13-7-6-11(16)8-10(13)2/h3-8H,1-2H3,(H,18,19). The molecule has 0 atom stereocenters. The maximum Gasteiger partial charge on any atom is 0.258 e. The van der Waals surface area contributed by atoms with Gasteiger partial charge in [-0.2, -0.15) is 0 Å². The second-order valence-electron chi connectivity index (χ2n) is 4.35. The van der Waals surface area contributed by atoms with Gasteiger partial charge in [-0.3, -0.25) is 4.79 Å². The number of aryl methyl sites for hydroxylation is 2. The third kappa shape index (κ3) is 2.93. The normalized spacial score (nSPS) is 10.3. The van der Waals surface area contributed by atoms with Gasteiger partial charge in [0.05, 0.1) is 5.56 Å². The van der Waals surface area contributed by atoms with Crippen LogP contribution in [0.1, 0.15) is 21.5 Å². The number of hydrogen-bond donors (Lipinski definition) is 1. The molecule has 0 saturated heterocycles. The third-order valence-corrected chi connectivity index (χ3v) is 3.11. The van der Waals surface area contributed by atoms with Crippen LogP contribution in [0.2, 0.25) is 5.02 Å². The van der Waals surface area contributed by atoms with Crippen LogP contribution in [0.4, 0.5) is 10.1 Å². The molecule has 0 spiro atoms. The van der Waals surface area contributed by atoms with Gasteiger partial charge in [-0.05, 0) is 49.2 Å². The lowest BCUT2D eigenvalue weighted by molar-refractivity contribution is 0.102. The highest BCUT2D eigenvalue weighted by Gasteiger charge is 2.14. The lowest BCUT2D eigenvalue weighted by Crippen LogP contribution is -2.15. The van der Waals surface area contributed by atoms with Crippen molar-refractivity contribution in [2.24, 2.45) is 0 Å². The molecule has 2 aromatic carbocycles. The summed E-state index contributed by atoms with van der Waals surface area (Å²) in [5.74, 6) is -0.960. The number of benzene rings is 2. The van der Waals surface area contributed by atoms with E-state index in [1.807, 2.05) is 6.92 Å². The Balaban J connectivity index is 2.28. The smallest absolute Gasteiger partial charge is 0.258 e. The Bertz CT molecular complexity index is 640. The van der Waals surface area contributed by atoms with Crippen LogP contribution in [0.3, 0.4) is 0 Å². The quantitative estimate of drug-likeness (QED) is 0.869. The van der Waals surface area contributed by atoms with E-state index in [9.17, 15) is 9.18 Å². The summed E-state index contributed by atoms with van der Waals surface area (Å²) in [7, 11) is 0. The first-order chi connectivity index (χ1) is 8.99. The van der Waals surface area contributed by atoms with E-state index in [1.165, 1.54) is 6.07 Å². The Kier molecular flexibility index (Phi) is 3.86. The summed E-state index contributed by atoms with van der Waals surface area (Å²) in [5, 5.41) is 3.28. The maximum atomic E-state index is 13.8. The number of nitrogens with one attached hydrogen (secondary N) is 1. The van der Waals surface area contributed by atoms with Gasteiger partial charge in [-0.25, -0.2) is 4.39 Å². The van der Waals surface area contributed by atoms with E-state index >= 15 is 0 Å². The zero-order chi connectivity index (χ0) is 14.0. The predicted octanol–water partition coefficient (Wildman–Crippen LogP) is 4.35. The maximum absolute atomic E-state index is 13.8. The molecular weight excluding hydrogens is 265 g/mol. The van der Waals surface area contributed by atoms with E-state index in [1.54, 1.807) is 37.3 Å². The van der Waals surface area contributed by atoms with Gasteiger partial charge in [-0.15, -0.1) is 0 Å². The van der Waals surface area contributed by atoms with Crippen LogP contribution < -0.4 is 5.32 Å². The summed E-state index contributed by atoms with van der Waals surface area (Å²) >= 11 is 5.84. The Morgan fingerprint density at radius 3 is 2.58 bits per heavy atom. The summed E-state index contributed by atoms with van der Waals surface area (Å²) in [4.78, 5) is 12.0. The topological polar surface area (TPSA) is 29.1 Å². The number of halogens is 2. The lowest BCUT2D eigenvalue weighted by atomic mass is 10.1. The number of carbonyl (C=O) groups excluding carboxylic acids is 1. The van der Waals surface area contributed by atoms with Crippen molar-refractivity contribution in [2.45, 2.75) is 13.8 Å². The largest absolute Gasteiger partial charge is 0.322 e. The Labute approximate surface area is 116 Å². The zero-order valence-electron chi connectivity index (χ0n) is 10.6. The number of amides is 1. The molecule has 1 amide bonds. The summed E-state index contributed by atoms with van der Waals surface area (Å²) in [6.07, 6.45) is 0. The van der Waals surface area contributed by atoms with Crippen LogP contribution in [0.15, 0.2) is 36.4 Å². The minimum atomic E-state index is -0.494. The molecule has 4 heteroatoms.